The number of hydrogen-bond acceptors (Lipinski definition) is 0. The maximum atomic E-state index is 6.35. The highest BCUT2D eigenvalue weighted by Crippen LogP contribution is 2.43. The van der Waals surface area contributed by atoms with E-state index in [1.807, 2.05) is 12.1 Å². The Morgan fingerprint density at radius 3 is 2.60 bits per heavy atom. The van der Waals surface area contributed by atoms with Crippen molar-refractivity contribution >= 4 is 23.2 Å². The van der Waals surface area contributed by atoms with Crippen LogP contribution >= 0.6 is 23.2 Å². The normalized spacial score (nSPS) is 26.6. The Hall–Kier alpha value is -0.200. The summed E-state index contributed by atoms with van der Waals surface area (Å²) in [6.45, 7) is 2.28. The molecule has 1 aliphatic rings. The lowest BCUT2D eigenvalue weighted by Gasteiger charge is -2.39. The lowest BCUT2D eigenvalue weighted by Crippen LogP contribution is -2.31. The Labute approximate surface area is 133 Å². The van der Waals surface area contributed by atoms with Gasteiger partial charge in [0.1, 0.15) is 0 Å². The minimum Gasteiger partial charge on any atom is -0.126 e. The minimum absolute atomic E-state index is 0.301. The topological polar surface area (TPSA) is 0 Å². The number of benzene rings is 1. The summed E-state index contributed by atoms with van der Waals surface area (Å²) in [6.07, 6.45) is 10.4. The van der Waals surface area contributed by atoms with Crippen molar-refractivity contribution in [2.24, 2.45) is 11.3 Å². The molecule has 20 heavy (non-hydrogen) atoms. The van der Waals surface area contributed by atoms with Crippen molar-refractivity contribution in [3.8, 4) is 0 Å². The van der Waals surface area contributed by atoms with Crippen molar-refractivity contribution in [3.05, 3.63) is 34.9 Å². The summed E-state index contributed by atoms with van der Waals surface area (Å²) in [5, 5.41) is 0.837. The van der Waals surface area contributed by atoms with Gasteiger partial charge in [0.25, 0.3) is 0 Å². The predicted octanol–water partition coefficient (Wildman–Crippen LogP) is 6.49. The van der Waals surface area contributed by atoms with Gasteiger partial charge in [0.05, 0.1) is 0 Å². The number of hydrogen-bond donors (Lipinski definition) is 0. The van der Waals surface area contributed by atoms with Gasteiger partial charge in [0.2, 0.25) is 0 Å². The molecule has 0 amide bonds. The third-order valence-electron chi connectivity index (χ3n) is 4.88. The molecule has 1 saturated carbocycles. The van der Waals surface area contributed by atoms with Gasteiger partial charge < -0.3 is 0 Å². The van der Waals surface area contributed by atoms with E-state index in [0.717, 1.165) is 23.2 Å². The smallest absolute Gasteiger partial charge is 0.0408 e. The first kappa shape index (κ1) is 16.2. The van der Waals surface area contributed by atoms with Crippen LogP contribution < -0.4 is 0 Å². The zero-order valence-electron chi connectivity index (χ0n) is 12.5. The second-order valence-corrected chi connectivity index (χ2v) is 7.23. The molecule has 1 aliphatic carbocycles. The van der Waals surface area contributed by atoms with Crippen LogP contribution in [0.25, 0.3) is 0 Å². The van der Waals surface area contributed by atoms with E-state index in [0.29, 0.717) is 5.41 Å². The van der Waals surface area contributed by atoms with Gasteiger partial charge in [0.15, 0.2) is 0 Å². The summed E-state index contributed by atoms with van der Waals surface area (Å²) in [4.78, 5) is 0. The lowest BCUT2D eigenvalue weighted by molar-refractivity contribution is 0.166. The van der Waals surface area contributed by atoms with Gasteiger partial charge in [-0.05, 0) is 61.1 Å². The van der Waals surface area contributed by atoms with Crippen LogP contribution in [-0.2, 0) is 6.42 Å². The van der Waals surface area contributed by atoms with Crippen LogP contribution in [0, 0.1) is 11.3 Å². The summed E-state index contributed by atoms with van der Waals surface area (Å²) in [5.41, 5.74) is 1.64. The molecule has 0 N–H and O–H groups in total. The standard InChI is InChI=1S/C18H26Cl2/c1-2-3-5-15-8-10-18(14-19,11-9-15)13-16-6-4-7-17(20)12-16/h4,6-7,12,15H,2-3,5,8-11,13-14H2,1H3. The van der Waals surface area contributed by atoms with Crippen molar-refractivity contribution < 1.29 is 0 Å². The van der Waals surface area contributed by atoms with Gasteiger partial charge in [-0.15, -0.1) is 11.6 Å². The second-order valence-electron chi connectivity index (χ2n) is 6.53. The van der Waals surface area contributed by atoms with Gasteiger partial charge in [-0.3, -0.25) is 0 Å². The number of rotatable bonds is 6. The van der Waals surface area contributed by atoms with Crippen LogP contribution in [0.3, 0.4) is 0 Å². The predicted molar refractivity (Wildman–Crippen MR) is 89.8 cm³/mol. The zero-order valence-corrected chi connectivity index (χ0v) is 14.0. The molecule has 1 fully saturated rings. The molecule has 0 nitrogen and oxygen atoms in total. The molecule has 0 radical (unpaired) electrons. The van der Waals surface area contributed by atoms with Gasteiger partial charge in [-0.25, -0.2) is 0 Å². The molecule has 0 atom stereocenters. The zero-order chi connectivity index (χ0) is 14.4. The first-order valence-corrected chi connectivity index (χ1v) is 8.89. The summed E-state index contributed by atoms with van der Waals surface area (Å²) in [7, 11) is 0. The van der Waals surface area contributed by atoms with E-state index in [1.54, 1.807) is 0 Å². The number of alkyl halides is 1. The molecule has 0 unspecified atom stereocenters. The quantitative estimate of drug-likeness (QED) is 0.527. The summed E-state index contributed by atoms with van der Waals surface area (Å²) < 4.78 is 0. The molecule has 0 heterocycles. The second kappa shape index (κ2) is 7.71. The van der Waals surface area contributed by atoms with Gasteiger partial charge in [-0.1, -0.05) is 49.9 Å². The molecule has 1 aromatic rings. The van der Waals surface area contributed by atoms with E-state index in [4.69, 9.17) is 23.2 Å². The van der Waals surface area contributed by atoms with E-state index >= 15 is 0 Å². The average Bonchev–Trinajstić information content (AvgIpc) is 2.47. The van der Waals surface area contributed by atoms with Gasteiger partial charge >= 0.3 is 0 Å². The minimum atomic E-state index is 0.301. The summed E-state index contributed by atoms with van der Waals surface area (Å²) in [5.74, 6) is 1.71. The number of halogens is 2. The molecule has 1 aromatic carbocycles. The monoisotopic (exact) mass is 312 g/mol. The van der Waals surface area contributed by atoms with Crippen molar-refractivity contribution in [1.29, 1.82) is 0 Å². The highest BCUT2D eigenvalue weighted by Gasteiger charge is 2.34. The lowest BCUT2D eigenvalue weighted by atomic mass is 9.68. The maximum Gasteiger partial charge on any atom is 0.0408 e. The molecule has 0 aromatic heterocycles. The number of unbranched alkanes of at least 4 members (excludes halogenated alkanes) is 1. The maximum absolute atomic E-state index is 6.35. The summed E-state index contributed by atoms with van der Waals surface area (Å²) >= 11 is 12.4. The van der Waals surface area contributed by atoms with Crippen molar-refractivity contribution in [2.75, 3.05) is 5.88 Å². The Morgan fingerprint density at radius 2 is 2.00 bits per heavy atom. The first-order valence-electron chi connectivity index (χ1n) is 7.98. The van der Waals surface area contributed by atoms with E-state index in [1.165, 1.54) is 50.5 Å². The van der Waals surface area contributed by atoms with Gasteiger partial charge in [-0.2, -0.15) is 0 Å². The Kier molecular flexibility index (Phi) is 6.23. The largest absolute Gasteiger partial charge is 0.126 e. The van der Waals surface area contributed by atoms with Crippen LogP contribution in [0.1, 0.15) is 57.4 Å². The third-order valence-corrected chi connectivity index (χ3v) is 5.69. The molecule has 0 bridgehead atoms. The molecular formula is C18H26Cl2. The van der Waals surface area contributed by atoms with Crippen LogP contribution in [0.4, 0.5) is 0 Å². The van der Waals surface area contributed by atoms with Crippen LogP contribution in [-0.4, -0.2) is 5.88 Å². The fourth-order valence-electron chi connectivity index (χ4n) is 3.51. The SMILES string of the molecule is CCCCC1CCC(CCl)(Cc2cccc(Cl)c2)CC1. The average molecular weight is 313 g/mol. The van der Waals surface area contributed by atoms with Crippen LogP contribution in [0.2, 0.25) is 5.02 Å². The molecule has 2 rings (SSSR count). The van der Waals surface area contributed by atoms with Gasteiger partial charge in [0, 0.05) is 10.9 Å². The fourth-order valence-corrected chi connectivity index (χ4v) is 4.08. The molecule has 0 aliphatic heterocycles. The van der Waals surface area contributed by atoms with Crippen LogP contribution in [0.15, 0.2) is 24.3 Å². The third kappa shape index (κ3) is 4.40. The van der Waals surface area contributed by atoms with E-state index in [9.17, 15) is 0 Å². The van der Waals surface area contributed by atoms with Crippen molar-refractivity contribution in [2.45, 2.75) is 58.3 Å². The van der Waals surface area contributed by atoms with Crippen LogP contribution in [0.5, 0.6) is 0 Å². The highest BCUT2D eigenvalue weighted by atomic mass is 35.5. The van der Waals surface area contributed by atoms with Crippen molar-refractivity contribution in [1.82, 2.24) is 0 Å². The molecule has 0 saturated heterocycles. The Morgan fingerprint density at radius 1 is 1.25 bits per heavy atom. The molecule has 2 heteroatoms. The highest BCUT2D eigenvalue weighted by molar-refractivity contribution is 6.30. The van der Waals surface area contributed by atoms with E-state index in [-0.39, 0.29) is 0 Å². The Bertz CT molecular complexity index is 406. The molecular weight excluding hydrogens is 287 g/mol. The van der Waals surface area contributed by atoms with E-state index in [2.05, 4.69) is 19.1 Å². The summed E-state index contributed by atoms with van der Waals surface area (Å²) in [6, 6.07) is 8.27. The van der Waals surface area contributed by atoms with E-state index < -0.39 is 0 Å². The Balaban J connectivity index is 1.94. The molecule has 0 spiro atoms. The fraction of sp³-hybridized carbons (Fsp3) is 0.667. The first-order chi connectivity index (χ1) is 9.67. The molecule has 112 valence electrons. The van der Waals surface area contributed by atoms with Crippen molar-refractivity contribution in [3.63, 3.8) is 0 Å².